The van der Waals surface area contributed by atoms with E-state index in [0.29, 0.717) is 32.6 Å². The fourth-order valence-electron chi connectivity index (χ4n) is 1.59. The van der Waals surface area contributed by atoms with Crippen LogP contribution >= 0.6 is 0 Å². The minimum Gasteiger partial charge on any atom is -0.395 e. The van der Waals surface area contributed by atoms with Gasteiger partial charge in [0.25, 0.3) is 0 Å². The maximum absolute atomic E-state index is 11.5. The summed E-state index contributed by atoms with van der Waals surface area (Å²) < 4.78 is 0. The van der Waals surface area contributed by atoms with E-state index >= 15 is 0 Å². The summed E-state index contributed by atoms with van der Waals surface area (Å²) in [5, 5.41) is 19.0. The molecule has 0 bridgehead atoms. The molecule has 0 saturated carbocycles. The third kappa shape index (κ3) is 3.25. The molecule has 5 nitrogen and oxygen atoms in total. The predicted octanol–water partition coefficient (Wildman–Crippen LogP) is -1.06. The van der Waals surface area contributed by atoms with Crippen LogP contribution in [0.1, 0.15) is 6.42 Å². The first kappa shape index (κ1) is 11.4. The molecular weight excluding hydrogens is 184 g/mol. The summed E-state index contributed by atoms with van der Waals surface area (Å²) in [5.74, 6) is 0.0520. The maximum Gasteiger partial charge on any atom is 0.236 e. The van der Waals surface area contributed by atoms with Crippen molar-refractivity contribution in [3.8, 4) is 0 Å². The highest BCUT2D eigenvalue weighted by Crippen LogP contribution is 2.03. The highest BCUT2D eigenvalue weighted by Gasteiger charge is 2.22. The molecule has 1 aliphatic rings. The first-order chi connectivity index (χ1) is 6.77. The largest absolute Gasteiger partial charge is 0.395 e. The van der Waals surface area contributed by atoms with Crippen molar-refractivity contribution in [1.29, 1.82) is 0 Å². The molecule has 0 spiro atoms. The van der Waals surface area contributed by atoms with Crippen molar-refractivity contribution in [2.24, 2.45) is 0 Å². The minimum atomic E-state index is -0.0783. The minimum absolute atomic E-state index is 0.0201. The number of aliphatic hydroxyl groups is 1. The standard InChI is InChI=1S/C9H17N2O3/c12-6-1-2-10-3-4-11(5-7-13)9(14)8-10/h13H,1-8H2. The van der Waals surface area contributed by atoms with Gasteiger partial charge in [-0.2, -0.15) is 0 Å². The molecule has 1 heterocycles. The van der Waals surface area contributed by atoms with Crippen LogP contribution in [0.25, 0.3) is 0 Å². The van der Waals surface area contributed by atoms with Gasteiger partial charge < -0.3 is 10.0 Å². The molecule has 0 aromatic carbocycles. The number of amides is 1. The second-order valence-corrected chi connectivity index (χ2v) is 3.44. The second-order valence-electron chi connectivity index (χ2n) is 3.44. The van der Waals surface area contributed by atoms with Crippen LogP contribution in [-0.2, 0) is 9.90 Å². The van der Waals surface area contributed by atoms with Crippen LogP contribution in [0.4, 0.5) is 0 Å². The van der Waals surface area contributed by atoms with Crippen molar-refractivity contribution >= 4 is 5.91 Å². The highest BCUT2D eigenvalue weighted by molar-refractivity contribution is 5.79. The Morgan fingerprint density at radius 1 is 1.29 bits per heavy atom. The van der Waals surface area contributed by atoms with Crippen molar-refractivity contribution in [3.63, 3.8) is 0 Å². The molecule has 1 radical (unpaired) electrons. The smallest absolute Gasteiger partial charge is 0.236 e. The number of piperazine rings is 1. The quantitative estimate of drug-likeness (QED) is 0.617. The average molecular weight is 201 g/mol. The first-order valence-electron chi connectivity index (χ1n) is 4.97. The topological polar surface area (TPSA) is 63.7 Å². The number of hydrogen-bond acceptors (Lipinski definition) is 3. The van der Waals surface area contributed by atoms with Crippen LogP contribution < -0.4 is 0 Å². The molecule has 0 atom stereocenters. The Morgan fingerprint density at radius 2 is 2.07 bits per heavy atom. The van der Waals surface area contributed by atoms with Gasteiger partial charge in [0.05, 0.1) is 19.8 Å². The van der Waals surface area contributed by atoms with Crippen LogP contribution in [-0.4, -0.2) is 66.8 Å². The number of hydrogen-bond donors (Lipinski definition) is 1. The number of aliphatic hydroxyl groups excluding tert-OH is 1. The van der Waals surface area contributed by atoms with Gasteiger partial charge in [-0.3, -0.25) is 9.69 Å². The Morgan fingerprint density at radius 3 is 2.64 bits per heavy atom. The van der Waals surface area contributed by atoms with Crippen LogP contribution in [0.2, 0.25) is 0 Å². The molecule has 0 aromatic rings. The average Bonchev–Trinajstić information content (AvgIpc) is 2.19. The lowest BCUT2D eigenvalue weighted by Gasteiger charge is -2.33. The molecule has 14 heavy (non-hydrogen) atoms. The van der Waals surface area contributed by atoms with Crippen molar-refractivity contribution in [2.45, 2.75) is 6.42 Å². The molecule has 1 N–H and O–H groups in total. The number of β-amino-alcohol motifs (C(OH)–C–C–N with tert-alkyl or cyclic N) is 1. The molecule has 0 aromatic heterocycles. The van der Waals surface area contributed by atoms with Gasteiger partial charge in [0.2, 0.25) is 5.91 Å². The molecule has 1 saturated heterocycles. The summed E-state index contributed by atoms with van der Waals surface area (Å²) in [7, 11) is 0. The number of nitrogens with zero attached hydrogens (tertiary/aromatic N) is 2. The van der Waals surface area contributed by atoms with E-state index in [1.54, 1.807) is 4.90 Å². The number of carbonyl (C=O) groups is 1. The van der Waals surface area contributed by atoms with E-state index in [4.69, 9.17) is 5.11 Å². The van der Waals surface area contributed by atoms with E-state index in [9.17, 15) is 9.90 Å². The van der Waals surface area contributed by atoms with E-state index < -0.39 is 0 Å². The fourth-order valence-corrected chi connectivity index (χ4v) is 1.59. The molecular formula is C9H17N2O3. The van der Waals surface area contributed by atoms with E-state index in [2.05, 4.69) is 0 Å². The van der Waals surface area contributed by atoms with Gasteiger partial charge in [0.15, 0.2) is 0 Å². The van der Waals surface area contributed by atoms with Gasteiger partial charge in [-0.15, -0.1) is 0 Å². The molecule has 0 aliphatic carbocycles. The fraction of sp³-hybridized carbons (Fsp3) is 0.889. The van der Waals surface area contributed by atoms with Gasteiger partial charge in [0, 0.05) is 26.2 Å². The maximum atomic E-state index is 11.5. The van der Waals surface area contributed by atoms with Crippen molar-refractivity contribution in [3.05, 3.63) is 0 Å². The Bertz CT molecular complexity index is 187. The third-order valence-corrected chi connectivity index (χ3v) is 2.39. The zero-order valence-electron chi connectivity index (χ0n) is 8.31. The van der Waals surface area contributed by atoms with Gasteiger partial charge in [-0.25, -0.2) is 5.11 Å². The SMILES string of the molecule is [O]CCCN1CCN(CCO)C(=O)C1. The van der Waals surface area contributed by atoms with Crippen molar-refractivity contribution in [2.75, 3.05) is 45.9 Å². The molecule has 1 amide bonds. The molecule has 1 aliphatic heterocycles. The van der Waals surface area contributed by atoms with Gasteiger partial charge in [-0.1, -0.05) is 0 Å². The Hall–Kier alpha value is -0.650. The van der Waals surface area contributed by atoms with Crippen molar-refractivity contribution < 1.29 is 15.0 Å². The summed E-state index contributed by atoms with van der Waals surface area (Å²) in [5.41, 5.74) is 0. The van der Waals surface area contributed by atoms with Crippen LogP contribution in [0.5, 0.6) is 0 Å². The summed E-state index contributed by atoms with van der Waals surface area (Å²) in [6, 6.07) is 0. The lowest BCUT2D eigenvalue weighted by Crippen LogP contribution is -2.51. The first-order valence-corrected chi connectivity index (χ1v) is 4.97. The zero-order valence-corrected chi connectivity index (χ0v) is 8.31. The van der Waals surface area contributed by atoms with Gasteiger partial charge in [0.1, 0.15) is 0 Å². The molecule has 1 fully saturated rings. The number of carbonyl (C=O) groups excluding carboxylic acids is 1. The Balaban J connectivity index is 2.27. The molecule has 5 heteroatoms. The Kier molecular flexibility index (Phi) is 4.86. The summed E-state index contributed by atoms with van der Waals surface area (Å²) >= 11 is 0. The molecule has 1 rings (SSSR count). The normalized spacial score (nSPS) is 19.0. The van der Waals surface area contributed by atoms with E-state index in [1.807, 2.05) is 4.90 Å². The van der Waals surface area contributed by atoms with E-state index in [-0.39, 0.29) is 19.1 Å². The summed E-state index contributed by atoms with van der Waals surface area (Å²) in [6.07, 6.45) is 0.604. The van der Waals surface area contributed by atoms with E-state index in [1.165, 1.54) is 0 Å². The Labute approximate surface area is 83.9 Å². The van der Waals surface area contributed by atoms with Gasteiger partial charge in [-0.05, 0) is 6.42 Å². The van der Waals surface area contributed by atoms with Crippen LogP contribution in [0, 0.1) is 0 Å². The summed E-state index contributed by atoms with van der Waals surface area (Å²) in [6.45, 7) is 2.94. The highest BCUT2D eigenvalue weighted by atomic mass is 16.3. The molecule has 81 valence electrons. The van der Waals surface area contributed by atoms with Crippen molar-refractivity contribution in [1.82, 2.24) is 9.80 Å². The van der Waals surface area contributed by atoms with Gasteiger partial charge >= 0.3 is 0 Å². The number of rotatable bonds is 5. The summed E-state index contributed by atoms with van der Waals surface area (Å²) in [4.78, 5) is 15.1. The predicted molar refractivity (Wildman–Crippen MR) is 50.3 cm³/mol. The second kappa shape index (κ2) is 5.95. The monoisotopic (exact) mass is 201 g/mol. The molecule has 0 unspecified atom stereocenters. The van der Waals surface area contributed by atoms with Crippen LogP contribution in [0.15, 0.2) is 0 Å². The van der Waals surface area contributed by atoms with E-state index in [0.717, 1.165) is 6.54 Å². The third-order valence-electron chi connectivity index (χ3n) is 2.39. The lowest BCUT2D eigenvalue weighted by molar-refractivity contribution is -0.136. The zero-order chi connectivity index (χ0) is 10.4. The van der Waals surface area contributed by atoms with Crippen LogP contribution in [0.3, 0.4) is 0 Å². The lowest BCUT2D eigenvalue weighted by atomic mass is 10.3.